The number of amides is 1. The Bertz CT molecular complexity index is 1430. The molecule has 0 spiro atoms. The molecule has 9 nitrogen and oxygen atoms in total. The van der Waals surface area contributed by atoms with Crippen molar-refractivity contribution in [1.29, 1.82) is 0 Å². The molecule has 3 aromatic heterocycles. The number of halogens is 3. The van der Waals surface area contributed by atoms with Crippen LogP contribution >= 0.6 is 0 Å². The Kier molecular flexibility index (Phi) is 7.48. The summed E-state index contributed by atoms with van der Waals surface area (Å²) in [6.45, 7) is 2.76. The molecular formula is C25H24F3N7O2. The molecule has 0 saturated carbocycles. The lowest BCUT2D eigenvalue weighted by Gasteiger charge is -2.11. The van der Waals surface area contributed by atoms with Crippen LogP contribution in [0.3, 0.4) is 0 Å². The fourth-order valence-corrected chi connectivity index (χ4v) is 3.85. The van der Waals surface area contributed by atoms with E-state index in [1.54, 1.807) is 25.4 Å². The van der Waals surface area contributed by atoms with Crippen LogP contribution in [0, 0.1) is 0 Å². The maximum Gasteiger partial charge on any atom is 0.417 e. The van der Waals surface area contributed by atoms with Gasteiger partial charge in [-0.05, 0) is 43.0 Å². The van der Waals surface area contributed by atoms with Gasteiger partial charge in [-0.1, -0.05) is 12.1 Å². The van der Waals surface area contributed by atoms with Crippen molar-refractivity contribution in [2.24, 2.45) is 4.99 Å². The zero-order valence-electron chi connectivity index (χ0n) is 20.1. The zero-order valence-corrected chi connectivity index (χ0v) is 20.1. The van der Waals surface area contributed by atoms with Crippen molar-refractivity contribution in [2.75, 3.05) is 18.1 Å². The molecule has 12 heteroatoms. The minimum absolute atomic E-state index is 0.0296. The molecule has 1 aromatic carbocycles. The van der Waals surface area contributed by atoms with Gasteiger partial charge in [0.25, 0.3) is 0 Å². The van der Waals surface area contributed by atoms with E-state index < -0.39 is 17.6 Å². The van der Waals surface area contributed by atoms with E-state index in [-0.39, 0.29) is 12.2 Å². The van der Waals surface area contributed by atoms with Crippen molar-refractivity contribution in [2.45, 2.75) is 32.7 Å². The van der Waals surface area contributed by atoms with Crippen LogP contribution in [0.2, 0.25) is 0 Å². The fraction of sp³-hybridized carbons (Fsp3) is 0.240. The number of anilines is 2. The molecule has 0 saturated heterocycles. The summed E-state index contributed by atoms with van der Waals surface area (Å²) in [5.74, 6) is 0.0183. The second-order valence-corrected chi connectivity index (χ2v) is 8.05. The number of nitrogens with two attached hydrogens (primary N) is 1. The minimum Gasteiger partial charge on any atom is -0.382 e. The number of aromatic nitrogens is 4. The molecule has 1 amide bonds. The summed E-state index contributed by atoms with van der Waals surface area (Å²) in [4.78, 5) is 28.1. The molecule has 192 valence electrons. The number of benzene rings is 1. The summed E-state index contributed by atoms with van der Waals surface area (Å²) in [6, 6.07) is 9.28. The number of nitrogens with zero attached hydrogens (tertiary/aromatic N) is 5. The van der Waals surface area contributed by atoms with Crippen molar-refractivity contribution < 1.29 is 22.7 Å². The highest BCUT2D eigenvalue weighted by Gasteiger charge is 2.30. The summed E-state index contributed by atoms with van der Waals surface area (Å²) in [6.07, 6.45) is -0.593. The third-order valence-electron chi connectivity index (χ3n) is 5.64. The topological polar surface area (TPSA) is 120 Å². The van der Waals surface area contributed by atoms with E-state index in [0.717, 1.165) is 40.2 Å². The van der Waals surface area contributed by atoms with Gasteiger partial charge in [-0.2, -0.15) is 13.2 Å². The van der Waals surface area contributed by atoms with Gasteiger partial charge >= 0.3 is 6.18 Å². The lowest BCUT2D eigenvalue weighted by molar-refractivity contribution is -0.137. The average Bonchev–Trinajstić information content (AvgIpc) is 3.47. The van der Waals surface area contributed by atoms with Crippen molar-refractivity contribution in [3.63, 3.8) is 0 Å². The number of hydrogen-bond donors (Lipinski definition) is 2. The van der Waals surface area contributed by atoms with Gasteiger partial charge in [0.05, 0.1) is 30.9 Å². The molecule has 1 aliphatic heterocycles. The van der Waals surface area contributed by atoms with E-state index in [2.05, 4.69) is 25.3 Å². The van der Waals surface area contributed by atoms with Gasteiger partial charge in [-0.25, -0.2) is 15.0 Å². The van der Waals surface area contributed by atoms with E-state index in [4.69, 9.17) is 10.5 Å². The Morgan fingerprint density at radius 3 is 2.51 bits per heavy atom. The summed E-state index contributed by atoms with van der Waals surface area (Å²) in [5.41, 5.74) is 10.2. The molecule has 0 bridgehead atoms. The molecule has 4 heterocycles. The first-order chi connectivity index (χ1) is 17.7. The van der Waals surface area contributed by atoms with Crippen LogP contribution in [0.5, 0.6) is 0 Å². The van der Waals surface area contributed by atoms with Crippen LogP contribution < -0.4 is 11.1 Å². The normalized spacial score (nSPS) is 12.9. The highest BCUT2D eigenvalue weighted by Crippen LogP contribution is 2.35. The molecular weight excluding hydrogens is 487 g/mol. The maximum atomic E-state index is 12.6. The lowest BCUT2D eigenvalue weighted by atomic mass is 10.1. The molecule has 0 fully saturated rings. The number of nitrogens with one attached hydrogen (secondary N) is 1. The smallest absolute Gasteiger partial charge is 0.382 e. The number of pyridine rings is 1. The third-order valence-corrected chi connectivity index (χ3v) is 5.64. The predicted octanol–water partition coefficient (Wildman–Crippen LogP) is 4.33. The van der Waals surface area contributed by atoms with Gasteiger partial charge < -0.3 is 25.3 Å². The van der Waals surface area contributed by atoms with Gasteiger partial charge in [0.2, 0.25) is 5.91 Å². The summed E-state index contributed by atoms with van der Waals surface area (Å²) >= 11 is 0. The second-order valence-electron chi connectivity index (χ2n) is 8.05. The monoisotopic (exact) mass is 511 g/mol. The van der Waals surface area contributed by atoms with E-state index in [9.17, 15) is 18.0 Å². The molecule has 5 rings (SSSR count). The van der Waals surface area contributed by atoms with Crippen LogP contribution in [0.15, 0.2) is 53.9 Å². The molecule has 0 atom stereocenters. The Labute approximate surface area is 210 Å². The Balaban J connectivity index is 0.000000747. The van der Waals surface area contributed by atoms with Gasteiger partial charge in [-0.3, -0.25) is 4.79 Å². The van der Waals surface area contributed by atoms with Crippen LogP contribution in [-0.2, 0) is 35.3 Å². The standard InChI is InChI=1S/C22H17F3N6O2.C3H7N/c23-22(24,25)13-3-6-17(27-8-13)30-18(32)7-12-1-4-14(5-2-12)31-16-10-33-9-15(16)19-20(31)21(26)29-11-28-19;1-3-4-2/h1-6,8,11H,7,9-10H2,(H2,26,28,29)(H,27,30,32);3H,1-2H3. The highest BCUT2D eigenvalue weighted by molar-refractivity contribution is 5.92. The average molecular weight is 512 g/mol. The lowest BCUT2D eigenvalue weighted by Crippen LogP contribution is -2.16. The van der Waals surface area contributed by atoms with Crippen LogP contribution in [-0.4, -0.2) is 38.7 Å². The van der Waals surface area contributed by atoms with Crippen molar-refractivity contribution in [1.82, 2.24) is 19.5 Å². The molecule has 4 aromatic rings. The predicted molar refractivity (Wildman–Crippen MR) is 133 cm³/mol. The summed E-state index contributed by atoms with van der Waals surface area (Å²) in [7, 11) is 1.75. The maximum absolute atomic E-state index is 12.6. The molecule has 1 aliphatic rings. The van der Waals surface area contributed by atoms with E-state index in [0.29, 0.717) is 30.7 Å². The minimum atomic E-state index is -4.48. The Hall–Kier alpha value is -4.32. The first-order valence-corrected chi connectivity index (χ1v) is 11.2. The van der Waals surface area contributed by atoms with Crippen LogP contribution in [0.25, 0.3) is 16.7 Å². The number of fused-ring (bicyclic) bond motifs is 3. The molecule has 0 unspecified atom stereocenters. The van der Waals surface area contributed by atoms with Gasteiger partial charge in [-0.15, -0.1) is 0 Å². The molecule has 0 radical (unpaired) electrons. The summed E-state index contributed by atoms with van der Waals surface area (Å²) in [5, 5.41) is 2.50. The van der Waals surface area contributed by atoms with E-state index >= 15 is 0 Å². The van der Waals surface area contributed by atoms with Gasteiger partial charge in [0.1, 0.15) is 23.2 Å². The number of hydrogen-bond acceptors (Lipinski definition) is 7. The number of nitrogen functional groups attached to an aromatic ring is 1. The second kappa shape index (κ2) is 10.7. The highest BCUT2D eigenvalue weighted by atomic mass is 19.4. The Morgan fingerprint density at radius 1 is 1.16 bits per heavy atom. The number of carbonyl (C=O) groups is 1. The van der Waals surface area contributed by atoms with Crippen molar-refractivity contribution >= 4 is 34.8 Å². The number of ether oxygens (including phenoxy) is 1. The van der Waals surface area contributed by atoms with Gasteiger partial charge in [0, 0.05) is 24.5 Å². The Morgan fingerprint density at radius 2 is 1.89 bits per heavy atom. The fourth-order valence-electron chi connectivity index (χ4n) is 3.85. The van der Waals surface area contributed by atoms with Crippen LogP contribution in [0.1, 0.15) is 29.3 Å². The SMILES string of the molecule is CC=NC.Nc1ncnc2c3c(n(-c4ccc(CC(=O)Nc5ccc(C(F)(F)F)cn5)cc4)c12)COC3. The number of aliphatic imine (C=N–C) groups is 1. The number of rotatable bonds is 4. The van der Waals surface area contributed by atoms with Gasteiger partial charge in [0.15, 0.2) is 5.82 Å². The van der Waals surface area contributed by atoms with E-state index in [1.165, 1.54) is 6.33 Å². The first kappa shape index (κ1) is 25.8. The first-order valence-electron chi connectivity index (χ1n) is 11.2. The quantitative estimate of drug-likeness (QED) is 0.394. The molecule has 0 aliphatic carbocycles. The van der Waals surface area contributed by atoms with Crippen molar-refractivity contribution in [3.05, 3.63) is 71.3 Å². The molecule has 37 heavy (non-hydrogen) atoms. The number of carbonyl (C=O) groups excluding carboxylic acids is 1. The third kappa shape index (κ3) is 5.59. The molecule has 3 N–H and O–H groups in total. The summed E-state index contributed by atoms with van der Waals surface area (Å²) < 4.78 is 45.4. The van der Waals surface area contributed by atoms with Crippen molar-refractivity contribution in [3.8, 4) is 5.69 Å². The van der Waals surface area contributed by atoms with Crippen LogP contribution in [0.4, 0.5) is 24.8 Å². The number of alkyl halides is 3. The van der Waals surface area contributed by atoms with E-state index in [1.807, 2.05) is 23.6 Å². The largest absolute Gasteiger partial charge is 0.417 e. The zero-order chi connectivity index (χ0) is 26.6.